The highest BCUT2D eigenvalue weighted by Gasteiger charge is 2.55. The second-order valence-electron chi connectivity index (χ2n) is 5.75. The largest absolute Gasteiger partial charge is 0.468 e. The van der Waals surface area contributed by atoms with Crippen molar-refractivity contribution < 1.29 is 23.9 Å². The van der Waals surface area contributed by atoms with Crippen LogP contribution >= 0.6 is 0 Å². The van der Waals surface area contributed by atoms with Crippen molar-refractivity contribution in [3.8, 4) is 0 Å². The van der Waals surface area contributed by atoms with Crippen LogP contribution in [0.5, 0.6) is 0 Å². The summed E-state index contributed by atoms with van der Waals surface area (Å²) >= 11 is 0. The van der Waals surface area contributed by atoms with Gasteiger partial charge >= 0.3 is 11.9 Å². The zero-order chi connectivity index (χ0) is 15.6. The van der Waals surface area contributed by atoms with E-state index in [-0.39, 0.29) is 11.8 Å². The zero-order valence-electron chi connectivity index (χ0n) is 12.5. The number of rotatable bonds is 3. The van der Waals surface area contributed by atoms with Gasteiger partial charge in [0.2, 0.25) is 0 Å². The number of ether oxygens (including phenoxy) is 2. The Morgan fingerprint density at radius 3 is 2.38 bits per heavy atom. The second kappa shape index (κ2) is 5.84. The van der Waals surface area contributed by atoms with Gasteiger partial charge in [-0.05, 0) is 32.1 Å². The number of carbonyl (C=O) groups excluding carboxylic acids is 3. The third-order valence-corrected chi connectivity index (χ3v) is 4.52. The Morgan fingerprint density at radius 1 is 1.24 bits per heavy atom. The lowest BCUT2D eigenvalue weighted by molar-refractivity contribution is -0.168. The Morgan fingerprint density at radius 2 is 1.86 bits per heavy atom. The summed E-state index contributed by atoms with van der Waals surface area (Å²) in [5.74, 6) is -1.26. The first-order chi connectivity index (χ1) is 9.98. The van der Waals surface area contributed by atoms with E-state index in [4.69, 9.17) is 9.47 Å². The van der Waals surface area contributed by atoms with Crippen molar-refractivity contribution in [2.45, 2.75) is 26.2 Å². The number of allylic oxidation sites excluding steroid dienone is 4. The lowest BCUT2D eigenvalue weighted by Crippen LogP contribution is -2.39. The average Bonchev–Trinajstić information content (AvgIpc) is 2.84. The molecule has 5 heteroatoms. The summed E-state index contributed by atoms with van der Waals surface area (Å²) in [7, 11) is 2.56. The van der Waals surface area contributed by atoms with Gasteiger partial charge in [0, 0.05) is 5.92 Å². The normalized spacial score (nSPS) is 26.8. The molecule has 0 aliphatic heterocycles. The van der Waals surface area contributed by atoms with E-state index in [0.717, 1.165) is 17.4 Å². The second-order valence-corrected chi connectivity index (χ2v) is 5.75. The van der Waals surface area contributed by atoms with Crippen LogP contribution in [0, 0.1) is 17.3 Å². The third kappa shape index (κ3) is 2.52. The SMILES string of the molecule is COC(=O)C1(C(=O)OC)CC2=C(C)C[C@@H](C=O)C=C[C@@H]2C1. The number of methoxy groups -OCH3 is 2. The molecule has 114 valence electrons. The van der Waals surface area contributed by atoms with Crippen molar-refractivity contribution in [1.29, 1.82) is 0 Å². The highest BCUT2D eigenvalue weighted by Crippen LogP contribution is 2.50. The standard InChI is InChI=1S/C16H20O5/c1-10-6-11(9-17)4-5-12-7-16(8-13(10)12,14(18)20-2)15(19)21-3/h4-5,9,11-12H,6-8H2,1-3H3/t11-,12+/m0/s1. The Balaban J connectivity index is 2.41. The number of hydrogen-bond donors (Lipinski definition) is 0. The molecular weight excluding hydrogens is 272 g/mol. The summed E-state index contributed by atoms with van der Waals surface area (Å²) in [5.41, 5.74) is 0.853. The number of esters is 2. The van der Waals surface area contributed by atoms with Gasteiger partial charge in [-0.1, -0.05) is 23.3 Å². The van der Waals surface area contributed by atoms with Crippen LogP contribution in [-0.2, 0) is 23.9 Å². The van der Waals surface area contributed by atoms with Gasteiger partial charge in [0.05, 0.1) is 14.2 Å². The fraction of sp³-hybridized carbons (Fsp3) is 0.562. The minimum absolute atomic E-state index is 0.0202. The van der Waals surface area contributed by atoms with E-state index < -0.39 is 17.4 Å². The first kappa shape index (κ1) is 15.5. The Labute approximate surface area is 124 Å². The highest BCUT2D eigenvalue weighted by molar-refractivity contribution is 6.01. The lowest BCUT2D eigenvalue weighted by Gasteiger charge is -2.22. The summed E-state index contributed by atoms with van der Waals surface area (Å²) in [4.78, 5) is 35.3. The topological polar surface area (TPSA) is 69.7 Å². The van der Waals surface area contributed by atoms with Gasteiger partial charge in [-0.15, -0.1) is 0 Å². The number of fused-ring (bicyclic) bond motifs is 1. The van der Waals surface area contributed by atoms with Crippen LogP contribution in [0.25, 0.3) is 0 Å². The van der Waals surface area contributed by atoms with Crippen molar-refractivity contribution >= 4 is 18.2 Å². The summed E-state index contributed by atoms with van der Waals surface area (Å²) < 4.78 is 9.67. The van der Waals surface area contributed by atoms with E-state index in [1.807, 2.05) is 19.1 Å². The maximum Gasteiger partial charge on any atom is 0.323 e. The zero-order valence-corrected chi connectivity index (χ0v) is 12.5. The predicted molar refractivity (Wildman–Crippen MR) is 75.2 cm³/mol. The van der Waals surface area contributed by atoms with Crippen LogP contribution in [-0.4, -0.2) is 32.4 Å². The van der Waals surface area contributed by atoms with Crippen LogP contribution in [0.15, 0.2) is 23.3 Å². The Bertz CT molecular complexity index is 513. The van der Waals surface area contributed by atoms with E-state index in [2.05, 4.69) is 0 Å². The van der Waals surface area contributed by atoms with Gasteiger partial charge in [0.25, 0.3) is 0 Å². The fourth-order valence-corrected chi connectivity index (χ4v) is 3.39. The molecule has 1 saturated carbocycles. The Hall–Kier alpha value is -1.91. The van der Waals surface area contributed by atoms with Crippen molar-refractivity contribution in [2.75, 3.05) is 14.2 Å². The van der Waals surface area contributed by atoms with Crippen molar-refractivity contribution in [3.63, 3.8) is 0 Å². The molecule has 0 aromatic rings. The van der Waals surface area contributed by atoms with Crippen molar-refractivity contribution in [3.05, 3.63) is 23.3 Å². The van der Waals surface area contributed by atoms with E-state index >= 15 is 0 Å². The molecule has 0 aromatic heterocycles. The lowest BCUT2D eigenvalue weighted by atomic mass is 9.84. The minimum atomic E-state index is -1.26. The summed E-state index contributed by atoms with van der Waals surface area (Å²) in [6.45, 7) is 1.95. The Kier molecular flexibility index (Phi) is 4.30. The molecule has 0 N–H and O–H groups in total. The van der Waals surface area contributed by atoms with Crippen LogP contribution in [0.4, 0.5) is 0 Å². The molecule has 0 unspecified atom stereocenters. The minimum Gasteiger partial charge on any atom is -0.468 e. The fourth-order valence-electron chi connectivity index (χ4n) is 3.39. The molecular formula is C16H20O5. The summed E-state index contributed by atoms with van der Waals surface area (Å²) in [5, 5.41) is 0. The van der Waals surface area contributed by atoms with Gasteiger partial charge in [-0.2, -0.15) is 0 Å². The molecule has 0 amide bonds. The molecule has 0 spiro atoms. The molecule has 0 aromatic carbocycles. The van der Waals surface area contributed by atoms with Crippen LogP contribution in [0.3, 0.4) is 0 Å². The van der Waals surface area contributed by atoms with Gasteiger partial charge in [0.15, 0.2) is 5.41 Å². The van der Waals surface area contributed by atoms with Crippen molar-refractivity contribution in [1.82, 2.24) is 0 Å². The molecule has 2 rings (SSSR count). The van der Waals surface area contributed by atoms with Gasteiger partial charge < -0.3 is 14.3 Å². The summed E-state index contributed by atoms with van der Waals surface area (Å²) in [6, 6.07) is 0. The van der Waals surface area contributed by atoms with E-state index in [0.29, 0.717) is 19.3 Å². The predicted octanol–water partition coefficient (Wildman–Crippen LogP) is 1.82. The number of aldehydes is 1. The van der Waals surface area contributed by atoms with Crippen molar-refractivity contribution in [2.24, 2.45) is 17.3 Å². The molecule has 0 bridgehead atoms. The van der Waals surface area contributed by atoms with Crippen LogP contribution in [0.1, 0.15) is 26.2 Å². The first-order valence-electron chi connectivity index (χ1n) is 6.97. The van der Waals surface area contributed by atoms with E-state index in [1.165, 1.54) is 14.2 Å². The monoisotopic (exact) mass is 292 g/mol. The third-order valence-electron chi connectivity index (χ3n) is 4.52. The molecule has 2 aliphatic rings. The first-order valence-corrected chi connectivity index (χ1v) is 6.97. The molecule has 2 atom stereocenters. The van der Waals surface area contributed by atoms with Gasteiger partial charge in [-0.25, -0.2) is 0 Å². The van der Waals surface area contributed by atoms with Crippen LogP contribution in [0.2, 0.25) is 0 Å². The van der Waals surface area contributed by atoms with Gasteiger partial charge in [0.1, 0.15) is 6.29 Å². The molecule has 5 nitrogen and oxygen atoms in total. The maximum absolute atomic E-state index is 12.2. The quantitative estimate of drug-likeness (QED) is 0.343. The van der Waals surface area contributed by atoms with E-state index in [1.54, 1.807) is 0 Å². The number of carbonyl (C=O) groups is 3. The van der Waals surface area contributed by atoms with Crippen LogP contribution < -0.4 is 0 Å². The maximum atomic E-state index is 12.2. The number of hydrogen-bond acceptors (Lipinski definition) is 5. The molecule has 2 aliphatic carbocycles. The van der Waals surface area contributed by atoms with Gasteiger partial charge in [-0.3, -0.25) is 9.59 Å². The molecule has 1 fully saturated rings. The average molecular weight is 292 g/mol. The highest BCUT2D eigenvalue weighted by atomic mass is 16.5. The smallest absolute Gasteiger partial charge is 0.323 e. The molecule has 21 heavy (non-hydrogen) atoms. The molecule has 0 heterocycles. The molecule has 0 saturated heterocycles. The van der Waals surface area contributed by atoms with E-state index in [9.17, 15) is 14.4 Å². The molecule has 0 radical (unpaired) electrons. The summed E-state index contributed by atoms with van der Waals surface area (Å²) in [6.07, 6.45) is 5.98.